The third-order valence-electron chi connectivity index (χ3n) is 4.06. The fourth-order valence-corrected chi connectivity index (χ4v) is 2.61. The highest BCUT2D eigenvalue weighted by Gasteiger charge is 2.44. The molecule has 2 aliphatic carbocycles. The smallest absolute Gasteiger partial charge is 0.202 e. The van der Waals surface area contributed by atoms with E-state index >= 15 is 0 Å². The molecule has 0 radical (unpaired) electrons. The molecule has 1 aromatic carbocycles. The number of ether oxygens (including phenoxy) is 1. The number of ketones is 1. The summed E-state index contributed by atoms with van der Waals surface area (Å²) in [6, 6.07) is 3.30. The maximum Gasteiger partial charge on any atom is 0.202 e. The number of nitrogens with two attached hydrogens (primary N) is 1. The Morgan fingerprint density at radius 1 is 1.29 bits per heavy atom. The van der Waals surface area contributed by atoms with E-state index in [-0.39, 0.29) is 23.6 Å². The zero-order chi connectivity index (χ0) is 15.2. The molecule has 112 valence electrons. The first kappa shape index (κ1) is 14.0. The SMILES string of the molecule is CC1(OC2=C(N)CC(Cc3cc(F)cc(F)c3)C2=O)CC1. The lowest BCUT2D eigenvalue weighted by atomic mass is 9.96. The Balaban J connectivity index is 1.72. The van der Waals surface area contributed by atoms with Gasteiger partial charge in [0, 0.05) is 18.4 Å². The van der Waals surface area contributed by atoms with Crippen LogP contribution in [0.5, 0.6) is 0 Å². The molecule has 1 unspecified atom stereocenters. The summed E-state index contributed by atoms with van der Waals surface area (Å²) in [4.78, 5) is 12.3. The summed E-state index contributed by atoms with van der Waals surface area (Å²) in [7, 11) is 0. The van der Waals surface area contributed by atoms with E-state index in [1.165, 1.54) is 12.1 Å². The van der Waals surface area contributed by atoms with Gasteiger partial charge in [0.2, 0.25) is 5.78 Å². The normalized spacial score (nSPS) is 23.6. The van der Waals surface area contributed by atoms with Gasteiger partial charge in [-0.3, -0.25) is 4.79 Å². The van der Waals surface area contributed by atoms with Crippen LogP contribution in [0, 0.1) is 17.6 Å². The molecule has 0 aromatic heterocycles. The monoisotopic (exact) mass is 293 g/mol. The molecule has 0 amide bonds. The molecule has 2 aliphatic rings. The van der Waals surface area contributed by atoms with E-state index in [4.69, 9.17) is 10.5 Å². The van der Waals surface area contributed by atoms with Crippen LogP contribution in [0.15, 0.2) is 29.7 Å². The zero-order valence-electron chi connectivity index (χ0n) is 11.8. The number of Topliss-reactive ketones (excluding diaryl/α,β-unsaturated/α-hetero) is 1. The van der Waals surface area contributed by atoms with Crippen molar-refractivity contribution in [1.82, 2.24) is 0 Å². The van der Waals surface area contributed by atoms with Gasteiger partial charge in [0.25, 0.3) is 0 Å². The number of rotatable bonds is 4. The highest BCUT2D eigenvalue weighted by Crippen LogP contribution is 2.43. The van der Waals surface area contributed by atoms with E-state index in [1.807, 2.05) is 6.92 Å². The molecule has 1 fully saturated rings. The summed E-state index contributed by atoms with van der Waals surface area (Å²) in [6.45, 7) is 1.94. The number of halogens is 2. The summed E-state index contributed by atoms with van der Waals surface area (Å²) in [6.07, 6.45) is 2.47. The lowest BCUT2D eigenvalue weighted by Crippen LogP contribution is -2.18. The Labute approximate surface area is 121 Å². The zero-order valence-corrected chi connectivity index (χ0v) is 11.8. The summed E-state index contributed by atoms with van der Waals surface area (Å²) in [5, 5.41) is 0. The summed E-state index contributed by atoms with van der Waals surface area (Å²) < 4.78 is 32.1. The van der Waals surface area contributed by atoms with Gasteiger partial charge in [0.15, 0.2) is 5.76 Å². The molecule has 3 rings (SSSR count). The number of hydrogen-bond acceptors (Lipinski definition) is 3. The Morgan fingerprint density at radius 3 is 2.48 bits per heavy atom. The van der Waals surface area contributed by atoms with Crippen molar-refractivity contribution in [2.45, 2.75) is 38.2 Å². The predicted molar refractivity (Wildman–Crippen MR) is 73.1 cm³/mol. The first-order valence-corrected chi connectivity index (χ1v) is 7.03. The van der Waals surface area contributed by atoms with E-state index in [0.29, 0.717) is 17.7 Å². The van der Waals surface area contributed by atoms with Crippen LogP contribution in [0.3, 0.4) is 0 Å². The fourth-order valence-electron chi connectivity index (χ4n) is 2.61. The van der Waals surface area contributed by atoms with Crippen LogP contribution in [-0.2, 0) is 16.0 Å². The van der Waals surface area contributed by atoms with Gasteiger partial charge < -0.3 is 10.5 Å². The first-order valence-electron chi connectivity index (χ1n) is 7.03. The highest BCUT2D eigenvalue weighted by molar-refractivity contribution is 5.98. The standard InChI is InChI=1S/C16H17F2NO2/c1-16(2-3-16)21-15-13(19)7-10(14(15)20)4-9-5-11(17)8-12(18)6-9/h5-6,8,10H,2-4,7,19H2,1H3. The predicted octanol–water partition coefficient (Wildman–Crippen LogP) is 2.84. The topological polar surface area (TPSA) is 52.3 Å². The molecule has 1 saturated carbocycles. The molecule has 0 aliphatic heterocycles. The summed E-state index contributed by atoms with van der Waals surface area (Å²) in [5.41, 5.74) is 6.52. The largest absolute Gasteiger partial charge is 0.482 e. The van der Waals surface area contributed by atoms with Gasteiger partial charge in [-0.25, -0.2) is 8.78 Å². The number of carbonyl (C=O) groups excluding carboxylic acids is 1. The van der Waals surface area contributed by atoms with Gasteiger partial charge in [-0.05, 0) is 43.9 Å². The van der Waals surface area contributed by atoms with Gasteiger partial charge in [-0.1, -0.05) is 0 Å². The third kappa shape index (κ3) is 2.91. The second kappa shape index (κ2) is 4.83. The highest BCUT2D eigenvalue weighted by atomic mass is 19.1. The van der Waals surface area contributed by atoms with E-state index in [0.717, 1.165) is 18.9 Å². The number of hydrogen-bond donors (Lipinski definition) is 1. The lowest BCUT2D eigenvalue weighted by molar-refractivity contribution is -0.122. The second-order valence-electron chi connectivity index (χ2n) is 6.15. The molecular formula is C16H17F2NO2. The van der Waals surface area contributed by atoms with Crippen LogP contribution in [0.1, 0.15) is 31.7 Å². The van der Waals surface area contributed by atoms with Gasteiger partial charge >= 0.3 is 0 Å². The molecule has 0 spiro atoms. The maximum atomic E-state index is 13.2. The van der Waals surface area contributed by atoms with Crippen LogP contribution >= 0.6 is 0 Å². The Morgan fingerprint density at radius 2 is 1.90 bits per heavy atom. The molecule has 5 heteroatoms. The summed E-state index contributed by atoms with van der Waals surface area (Å²) >= 11 is 0. The molecule has 3 nitrogen and oxygen atoms in total. The van der Waals surface area contributed by atoms with E-state index in [2.05, 4.69) is 0 Å². The first-order chi connectivity index (χ1) is 9.86. The Bertz CT molecular complexity index is 615. The van der Waals surface area contributed by atoms with Crippen molar-refractivity contribution in [3.05, 3.63) is 46.9 Å². The minimum absolute atomic E-state index is 0.162. The second-order valence-corrected chi connectivity index (χ2v) is 6.15. The number of benzene rings is 1. The van der Waals surface area contributed by atoms with Crippen molar-refractivity contribution in [3.8, 4) is 0 Å². The van der Waals surface area contributed by atoms with Crippen molar-refractivity contribution in [3.63, 3.8) is 0 Å². The molecule has 1 aromatic rings. The number of allylic oxidation sites excluding steroid dienone is 2. The van der Waals surface area contributed by atoms with E-state index in [1.54, 1.807) is 0 Å². The Hall–Kier alpha value is -1.91. The van der Waals surface area contributed by atoms with Crippen LogP contribution < -0.4 is 5.73 Å². The van der Waals surface area contributed by atoms with Crippen LogP contribution in [0.25, 0.3) is 0 Å². The molecule has 0 heterocycles. The quantitative estimate of drug-likeness (QED) is 0.928. The molecule has 2 N–H and O–H groups in total. The minimum atomic E-state index is -0.640. The molecule has 0 saturated heterocycles. The fraction of sp³-hybridized carbons (Fsp3) is 0.438. The minimum Gasteiger partial charge on any atom is -0.482 e. The molecule has 0 bridgehead atoms. The van der Waals surface area contributed by atoms with E-state index in [9.17, 15) is 13.6 Å². The van der Waals surface area contributed by atoms with Crippen molar-refractivity contribution in [2.75, 3.05) is 0 Å². The van der Waals surface area contributed by atoms with Crippen molar-refractivity contribution < 1.29 is 18.3 Å². The van der Waals surface area contributed by atoms with Crippen LogP contribution in [0.4, 0.5) is 8.78 Å². The van der Waals surface area contributed by atoms with Gasteiger partial charge in [-0.15, -0.1) is 0 Å². The van der Waals surface area contributed by atoms with Gasteiger partial charge in [-0.2, -0.15) is 0 Å². The molecule has 1 atom stereocenters. The van der Waals surface area contributed by atoms with Gasteiger partial charge in [0.1, 0.15) is 17.2 Å². The van der Waals surface area contributed by atoms with Crippen LogP contribution in [0.2, 0.25) is 0 Å². The van der Waals surface area contributed by atoms with Crippen molar-refractivity contribution in [2.24, 2.45) is 11.7 Å². The van der Waals surface area contributed by atoms with E-state index < -0.39 is 17.6 Å². The van der Waals surface area contributed by atoms with Crippen molar-refractivity contribution in [1.29, 1.82) is 0 Å². The number of carbonyl (C=O) groups is 1. The summed E-state index contributed by atoms with van der Waals surface area (Å²) in [5.74, 6) is -1.59. The van der Waals surface area contributed by atoms with Gasteiger partial charge in [0.05, 0.1) is 5.70 Å². The van der Waals surface area contributed by atoms with Crippen LogP contribution in [-0.4, -0.2) is 11.4 Å². The average Bonchev–Trinajstić information content (AvgIpc) is 3.05. The molecular weight excluding hydrogens is 276 g/mol. The average molecular weight is 293 g/mol. The third-order valence-corrected chi connectivity index (χ3v) is 4.06. The molecule has 21 heavy (non-hydrogen) atoms. The Kier molecular flexibility index (Phi) is 3.23. The maximum absolute atomic E-state index is 13.2. The van der Waals surface area contributed by atoms with Crippen molar-refractivity contribution >= 4 is 5.78 Å². The lowest BCUT2D eigenvalue weighted by Gasteiger charge is -2.14.